The van der Waals surface area contributed by atoms with Gasteiger partial charge in [-0.25, -0.2) is 0 Å². The molecule has 0 bridgehead atoms. The zero-order valence-electron chi connectivity index (χ0n) is 11.5. The van der Waals surface area contributed by atoms with Crippen LogP contribution < -0.4 is 10.1 Å². The van der Waals surface area contributed by atoms with Crippen LogP contribution in [0.4, 0.5) is 5.69 Å². The SMILES string of the molecule is CCOc1ccc(NC(=O)c2ccncc2Cl)cc1CO. The molecule has 2 N–H and O–H groups in total. The molecule has 1 heterocycles. The van der Waals surface area contributed by atoms with E-state index in [1.807, 2.05) is 6.92 Å². The first-order valence-electron chi connectivity index (χ1n) is 6.43. The van der Waals surface area contributed by atoms with Gasteiger partial charge in [0.1, 0.15) is 5.75 Å². The first-order chi connectivity index (χ1) is 10.2. The molecule has 0 fully saturated rings. The van der Waals surface area contributed by atoms with E-state index in [-0.39, 0.29) is 17.5 Å². The molecule has 5 nitrogen and oxygen atoms in total. The third kappa shape index (κ3) is 3.71. The van der Waals surface area contributed by atoms with Crippen molar-refractivity contribution in [3.05, 3.63) is 52.8 Å². The average Bonchev–Trinajstić information content (AvgIpc) is 2.49. The van der Waals surface area contributed by atoms with Crippen molar-refractivity contribution < 1.29 is 14.6 Å². The standard InChI is InChI=1S/C15H15ClN2O3/c1-2-21-14-4-3-11(7-10(14)9-19)18-15(20)12-5-6-17-8-13(12)16/h3-8,19H,2,9H2,1H3,(H,18,20). The molecule has 0 aliphatic carbocycles. The highest BCUT2D eigenvalue weighted by Crippen LogP contribution is 2.24. The summed E-state index contributed by atoms with van der Waals surface area (Å²) in [4.78, 5) is 16.0. The minimum atomic E-state index is -0.338. The highest BCUT2D eigenvalue weighted by molar-refractivity contribution is 6.34. The van der Waals surface area contributed by atoms with Crippen LogP contribution in [0.15, 0.2) is 36.7 Å². The lowest BCUT2D eigenvalue weighted by Gasteiger charge is -2.11. The summed E-state index contributed by atoms with van der Waals surface area (Å²) in [6, 6.07) is 6.62. The molecular formula is C15H15ClN2O3. The number of carbonyl (C=O) groups is 1. The van der Waals surface area contributed by atoms with Crippen LogP contribution in [-0.4, -0.2) is 22.6 Å². The number of nitrogens with one attached hydrogen (secondary N) is 1. The predicted molar refractivity (Wildman–Crippen MR) is 80.7 cm³/mol. The Bertz CT molecular complexity index is 647. The van der Waals surface area contributed by atoms with Crippen LogP contribution in [0.3, 0.4) is 0 Å². The maximum absolute atomic E-state index is 12.1. The molecule has 0 saturated heterocycles. The predicted octanol–water partition coefficient (Wildman–Crippen LogP) is 2.88. The van der Waals surface area contributed by atoms with Crippen molar-refractivity contribution in [1.82, 2.24) is 4.98 Å². The Morgan fingerprint density at radius 3 is 2.90 bits per heavy atom. The number of amides is 1. The number of nitrogens with zero attached hydrogens (tertiary/aromatic N) is 1. The minimum absolute atomic E-state index is 0.172. The monoisotopic (exact) mass is 306 g/mol. The smallest absolute Gasteiger partial charge is 0.257 e. The number of anilines is 1. The van der Waals surface area contributed by atoms with E-state index in [1.165, 1.54) is 12.4 Å². The van der Waals surface area contributed by atoms with E-state index >= 15 is 0 Å². The van der Waals surface area contributed by atoms with Gasteiger partial charge in [-0.3, -0.25) is 9.78 Å². The molecular weight excluding hydrogens is 292 g/mol. The first-order valence-corrected chi connectivity index (χ1v) is 6.81. The minimum Gasteiger partial charge on any atom is -0.494 e. The van der Waals surface area contributed by atoms with Crippen molar-refractivity contribution >= 4 is 23.2 Å². The number of carbonyl (C=O) groups excluding carboxylic acids is 1. The Balaban J connectivity index is 2.20. The Morgan fingerprint density at radius 2 is 2.24 bits per heavy atom. The number of aliphatic hydroxyl groups excluding tert-OH is 1. The van der Waals surface area contributed by atoms with Crippen molar-refractivity contribution in [1.29, 1.82) is 0 Å². The molecule has 0 aliphatic rings. The third-order valence-electron chi connectivity index (χ3n) is 2.81. The zero-order chi connectivity index (χ0) is 15.2. The van der Waals surface area contributed by atoms with Crippen molar-refractivity contribution in [3.8, 4) is 5.75 Å². The van der Waals surface area contributed by atoms with Crippen LogP contribution in [0.25, 0.3) is 0 Å². The van der Waals surface area contributed by atoms with Gasteiger partial charge >= 0.3 is 0 Å². The second-order valence-corrected chi connectivity index (χ2v) is 4.63. The largest absolute Gasteiger partial charge is 0.494 e. The van der Waals surface area contributed by atoms with Gasteiger partial charge in [-0.1, -0.05) is 11.6 Å². The van der Waals surface area contributed by atoms with Gasteiger partial charge < -0.3 is 15.2 Å². The van der Waals surface area contributed by atoms with Gasteiger partial charge in [0, 0.05) is 23.6 Å². The fourth-order valence-electron chi connectivity index (χ4n) is 1.83. The Kier molecular flexibility index (Phi) is 5.14. The summed E-state index contributed by atoms with van der Waals surface area (Å²) in [5, 5.41) is 12.3. The van der Waals surface area contributed by atoms with E-state index in [2.05, 4.69) is 10.3 Å². The normalized spacial score (nSPS) is 10.2. The number of rotatable bonds is 5. The molecule has 0 unspecified atom stereocenters. The summed E-state index contributed by atoms with van der Waals surface area (Å²) in [5.41, 5.74) is 1.50. The van der Waals surface area contributed by atoms with Crippen LogP contribution in [0, 0.1) is 0 Å². The number of aromatic nitrogens is 1. The molecule has 2 rings (SSSR count). The van der Waals surface area contributed by atoms with Crippen molar-refractivity contribution in [2.75, 3.05) is 11.9 Å². The second-order valence-electron chi connectivity index (χ2n) is 4.22. The summed E-state index contributed by atoms with van der Waals surface area (Å²) in [5.74, 6) is 0.260. The van der Waals surface area contributed by atoms with Crippen LogP contribution in [0.1, 0.15) is 22.8 Å². The number of pyridine rings is 1. The molecule has 21 heavy (non-hydrogen) atoms. The second kappa shape index (κ2) is 7.06. The Hall–Kier alpha value is -2.11. The molecule has 0 spiro atoms. The summed E-state index contributed by atoms with van der Waals surface area (Å²) >= 11 is 5.93. The molecule has 110 valence electrons. The van der Waals surface area contributed by atoms with E-state index in [4.69, 9.17) is 16.3 Å². The van der Waals surface area contributed by atoms with Crippen molar-refractivity contribution in [2.24, 2.45) is 0 Å². The van der Waals surface area contributed by atoms with Crippen molar-refractivity contribution in [3.63, 3.8) is 0 Å². The van der Waals surface area contributed by atoms with Gasteiger partial charge in [-0.15, -0.1) is 0 Å². The summed E-state index contributed by atoms with van der Waals surface area (Å²) in [7, 11) is 0. The van der Waals surface area contributed by atoms with Crippen LogP contribution >= 0.6 is 11.6 Å². The quantitative estimate of drug-likeness (QED) is 0.891. The Morgan fingerprint density at radius 1 is 1.43 bits per heavy atom. The summed E-state index contributed by atoms with van der Waals surface area (Å²) < 4.78 is 5.39. The third-order valence-corrected chi connectivity index (χ3v) is 3.11. The van der Waals surface area contributed by atoms with Crippen molar-refractivity contribution in [2.45, 2.75) is 13.5 Å². The maximum Gasteiger partial charge on any atom is 0.257 e. The molecule has 6 heteroatoms. The van der Waals surface area contributed by atoms with E-state index in [0.717, 1.165) is 0 Å². The van der Waals surface area contributed by atoms with E-state index in [0.29, 0.717) is 29.2 Å². The van der Waals surface area contributed by atoms with E-state index < -0.39 is 0 Å². The number of hydrogen-bond donors (Lipinski definition) is 2. The first kappa shape index (κ1) is 15.3. The van der Waals surface area contributed by atoms with E-state index in [1.54, 1.807) is 24.3 Å². The van der Waals surface area contributed by atoms with Gasteiger partial charge in [0.2, 0.25) is 0 Å². The lowest BCUT2D eigenvalue weighted by molar-refractivity contribution is 0.102. The fraction of sp³-hybridized carbons (Fsp3) is 0.200. The van der Waals surface area contributed by atoms with E-state index in [9.17, 15) is 9.90 Å². The topological polar surface area (TPSA) is 71.5 Å². The highest BCUT2D eigenvalue weighted by Gasteiger charge is 2.11. The molecule has 0 aliphatic heterocycles. The van der Waals surface area contributed by atoms with Gasteiger partial charge in [0.25, 0.3) is 5.91 Å². The summed E-state index contributed by atoms with van der Waals surface area (Å²) in [6.45, 7) is 2.20. The van der Waals surface area contributed by atoms with Crippen LogP contribution in [-0.2, 0) is 6.61 Å². The fourth-order valence-corrected chi connectivity index (χ4v) is 2.04. The number of aliphatic hydroxyl groups is 1. The number of halogens is 1. The van der Waals surface area contributed by atoms with Crippen LogP contribution in [0.2, 0.25) is 5.02 Å². The number of hydrogen-bond acceptors (Lipinski definition) is 4. The molecule has 1 aromatic carbocycles. The Labute approximate surface area is 127 Å². The molecule has 0 radical (unpaired) electrons. The maximum atomic E-state index is 12.1. The van der Waals surface area contributed by atoms with Gasteiger partial charge in [-0.05, 0) is 31.2 Å². The zero-order valence-corrected chi connectivity index (χ0v) is 12.2. The average molecular weight is 307 g/mol. The lowest BCUT2D eigenvalue weighted by Crippen LogP contribution is -2.13. The molecule has 1 amide bonds. The van der Waals surface area contributed by atoms with Crippen LogP contribution in [0.5, 0.6) is 5.75 Å². The highest BCUT2D eigenvalue weighted by atomic mass is 35.5. The summed E-state index contributed by atoms with van der Waals surface area (Å²) in [6.07, 6.45) is 2.91. The number of benzene rings is 1. The molecule has 0 atom stereocenters. The molecule has 0 saturated carbocycles. The molecule has 2 aromatic rings. The lowest BCUT2D eigenvalue weighted by atomic mass is 10.1. The van der Waals surface area contributed by atoms with Gasteiger partial charge in [-0.2, -0.15) is 0 Å². The number of ether oxygens (including phenoxy) is 1. The molecule has 1 aromatic heterocycles. The van der Waals surface area contributed by atoms with Gasteiger partial charge in [0.05, 0.1) is 23.8 Å². The van der Waals surface area contributed by atoms with Gasteiger partial charge in [0.15, 0.2) is 0 Å².